The maximum absolute atomic E-state index is 12.6. The van der Waals surface area contributed by atoms with E-state index in [4.69, 9.17) is 5.73 Å². The fraction of sp³-hybridized carbons (Fsp3) is 0.440. The van der Waals surface area contributed by atoms with Crippen LogP contribution < -0.4 is 5.73 Å². The molecule has 0 spiro atoms. The lowest BCUT2D eigenvalue weighted by molar-refractivity contribution is -0.139. The number of amides is 2. The van der Waals surface area contributed by atoms with Crippen LogP contribution in [-0.4, -0.2) is 29.8 Å². The molecule has 0 radical (unpaired) electrons. The summed E-state index contributed by atoms with van der Waals surface area (Å²) < 4.78 is 0. The summed E-state index contributed by atoms with van der Waals surface area (Å²) in [5.41, 5.74) is 10.0. The van der Waals surface area contributed by atoms with Crippen molar-refractivity contribution in [1.82, 2.24) is 4.90 Å². The molecule has 2 N–H and O–H groups in total. The fourth-order valence-electron chi connectivity index (χ4n) is 4.35. The van der Waals surface area contributed by atoms with E-state index in [2.05, 4.69) is 45.0 Å². The van der Waals surface area contributed by atoms with Crippen LogP contribution in [0.1, 0.15) is 44.2 Å². The first-order valence-corrected chi connectivity index (χ1v) is 10.5. The molecule has 3 rings (SSSR count). The van der Waals surface area contributed by atoms with E-state index in [9.17, 15) is 9.59 Å². The summed E-state index contributed by atoms with van der Waals surface area (Å²) in [4.78, 5) is 26.9. The minimum Gasteiger partial charge on any atom is -0.369 e. The molecular weight excluding hydrogens is 360 g/mol. The van der Waals surface area contributed by atoms with Gasteiger partial charge in [-0.15, -0.1) is 0 Å². The number of nitrogens with two attached hydrogens (primary N) is 1. The monoisotopic (exact) mass is 392 g/mol. The molecule has 0 atom stereocenters. The highest BCUT2D eigenvalue weighted by Gasteiger charge is 2.41. The summed E-state index contributed by atoms with van der Waals surface area (Å²) in [6.07, 6.45) is 2.40. The number of benzene rings is 2. The predicted octanol–water partition coefficient (Wildman–Crippen LogP) is 4.34. The Morgan fingerprint density at radius 3 is 2.17 bits per heavy atom. The van der Waals surface area contributed by atoms with Gasteiger partial charge < -0.3 is 10.6 Å². The van der Waals surface area contributed by atoms with E-state index >= 15 is 0 Å². The highest BCUT2D eigenvalue weighted by atomic mass is 16.2. The number of primary amides is 1. The van der Waals surface area contributed by atoms with Gasteiger partial charge in [-0.2, -0.15) is 0 Å². The van der Waals surface area contributed by atoms with Crippen LogP contribution >= 0.6 is 0 Å². The lowest BCUT2D eigenvalue weighted by Gasteiger charge is -2.40. The molecule has 1 aliphatic heterocycles. The zero-order valence-electron chi connectivity index (χ0n) is 17.8. The maximum atomic E-state index is 12.6. The van der Waals surface area contributed by atoms with Crippen LogP contribution in [-0.2, 0) is 16.0 Å². The molecule has 0 saturated carbocycles. The van der Waals surface area contributed by atoms with Crippen molar-refractivity contribution in [3.8, 4) is 11.1 Å². The second kappa shape index (κ2) is 8.81. The molecule has 1 aliphatic rings. The van der Waals surface area contributed by atoms with E-state index in [0.29, 0.717) is 44.7 Å². The van der Waals surface area contributed by atoms with E-state index in [-0.39, 0.29) is 11.8 Å². The molecule has 2 aromatic carbocycles. The van der Waals surface area contributed by atoms with Gasteiger partial charge in [0.25, 0.3) is 0 Å². The predicted molar refractivity (Wildman–Crippen MR) is 117 cm³/mol. The van der Waals surface area contributed by atoms with Crippen molar-refractivity contribution in [3.05, 3.63) is 59.7 Å². The van der Waals surface area contributed by atoms with Crippen molar-refractivity contribution in [3.63, 3.8) is 0 Å². The lowest BCUT2D eigenvalue weighted by Crippen LogP contribution is -2.50. The summed E-state index contributed by atoms with van der Waals surface area (Å²) in [6.45, 7) is 7.41. The number of carbonyl (C=O) groups is 2. The molecule has 154 valence electrons. The summed E-state index contributed by atoms with van der Waals surface area (Å²) >= 11 is 0. The second-order valence-electron chi connectivity index (χ2n) is 8.77. The molecule has 1 heterocycles. The SMILES string of the molecule is Cc1ccccc1-c1ccccc1CC1(C(N)=O)CCN(C(=O)CC(C)C)CC1. The summed E-state index contributed by atoms with van der Waals surface area (Å²) in [5, 5.41) is 0. The van der Waals surface area contributed by atoms with E-state index in [1.165, 1.54) is 11.1 Å². The first-order valence-electron chi connectivity index (χ1n) is 10.5. The van der Waals surface area contributed by atoms with E-state index in [1.54, 1.807) is 0 Å². The Labute approximate surface area is 174 Å². The zero-order valence-corrected chi connectivity index (χ0v) is 17.8. The molecule has 1 fully saturated rings. The molecule has 0 aromatic heterocycles. The van der Waals surface area contributed by atoms with Crippen LogP contribution in [0.25, 0.3) is 11.1 Å². The molecule has 4 heteroatoms. The maximum Gasteiger partial charge on any atom is 0.224 e. The van der Waals surface area contributed by atoms with Crippen molar-refractivity contribution >= 4 is 11.8 Å². The number of nitrogens with zero attached hydrogens (tertiary/aromatic N) is 1. The van der Waals surface area contributed by atoms with Crippen molar-refractivity contribution in [2.24, 2.45) is 17.1 Å². The molecular formula is C25H32N2O2. The number of hydrogen-bond donors (Lipinski definition) is 1. The number of piperidine rings is 1. The van der Waals surface area contributed by atoms with Crippen molar-refractivity contribution < 1.29 is 9.59 Å². The smallest absolute Gasteiger partial charge is 0.224 e. The zero-order chi connectivity index (χ0) is 21.0. The average Bonchev–Trinajstić information content (AvgIpc) is 2.69. The van der Waals surface area contributed by atoms with Crippen LogP contribution in [0.3, 0.4) is 0 Å². The summed E-state index contributed by atoms with van der Waals surface area (Å²) in [5.74, 6) is 0.262. The molecule has 0 unspecified atom stereocenters. The van der Waals surface area contributed by atoms with E-state index in [1.807, 2.05) is 29.2 Å². The van der Waals surface area contributed by atoms with Gasteiger partial charge in [-0.25, -0.2) is 0 Å². The van der Waals surface area contributed by atoms with E-state index in [0.717, 1.165) is 11.1 Å². The number of likely N-dealkylation sites (tertiary alicyclic amines) is 1. The van der Waals surface area contributed by atoms with Gasteiger partial charge in [0, 0.05) is 19.5 Å². The molecule has 29 heavy (non-hydrogen) atoms. The number of carbonyl (C=O) groups excluding carboxylic acids is 2. The van der Waals surface area contributed by atoms with Gasteiger partial charge in [0.05, 0.1) is 5.41 Å². The molecule has 4 nitrogen and oxygen atoms in total. The van der Waals surface area contributed by atoms with Gasteiger partial charge >= 0.3 is 0 Å². The number of hydrogen-bond acceptors (Lipinski definition) is 2. The van der Waals surface area contributed by atoms with Gasteiger partial charge in [-0.3, -0.25) is 9.59 Å². The van der Waals surface area contributed by atoms with Gasteiger partial charge in [-0.1, -0.05) is 62.4 Å². The first-order chi connectivity index (χ1) is 13.8. The quantitative estimate of drug-likeness (QED) is 0.794. The highest BCUT2D eigenvalue weighted by Crippen LogP contribution is 2.38. The molecule has 1 saturated heterocycles. The first kappa shape index (κ1) is 21.1. The minimum atomic E-state index is -0.604. The number of aryl methyl sites for hydroxylation is 1. The molecule has 2 amide bonds. The number of rotatable bonds is 6. The fourth-order valence-corrected chi connectivity index (χ4v) is 4.35. The Hall–Kier alpha value is -2.62. The van der Waals surface area contributed by atoms with Gasteiger partial charge in [0.2, 0.25) is 11.8 Å². The Bertz CT molecular complexity index is 880. The lowest BCUT2D eigenvalue weighted by atomic mass is 9.72. The van der Waals surface area contributed by atoms with Crippen molar-refractivity contribution in [1.29, 1.82) is 0 Å². The molecule has 0 aliphatic carbocycles. The van der Waals surface area contributed by atoms with Crippen molar-refractivity contribution in [2.45, 2.75) is 46.5 Å². The Kier molecular flexibility index (Phi) is 6.41. The van der Waals surface area contributed by atoms with Gasteiger partial charge in [0.15, 0.2) is 0 Å². The van der Waals surface area contributed by atoms with Gasteiger partial charge in [0.1, 0.15) is 0 Å². The highest BCUT2D eigenvalue weighted by molar-refractivity contribution is 5.83. The van der Waals surface area contributed by atoms with Crippen LogP contribution in [0.5, 0.6) is 0 Å². The van der Waals surface area contributed by atoms with Crippen LogP contribution in [0.15, 0.2) is 48.5 Å². The third-order valence-electron chi connectivity index (χ3n) is 6.16. The third-order valence-corrected chi connectivity index (χ3v) is 6.16. The average molecular weight is 393 g/mol. The normalized spacial score (nSPS) is 16.1. The van der Waals surface area contributed by atoms with Crippen LogP contribution in [0.2, 0.25) is 0 Å². The summed E-state index contributed by atoms with van der Waals surface area (Å²) in [7, 11) is 0. The molecule has 0 bridgehead atoms. The van der Waals surface area contributed by atoms with Crippen molar-refractivity contribution in [2.75, 3.05) is 13.1 Å². The largest absolute Gasteiger partial charge is 0.369 e. The Morgan fingerprint density at radius 2 is 1.59 bits per heavy atom. The summed E-state index contributed by atoms with van der Waals surface area (Å²) in [6, 6.07) is 16.6. The van der Waals surface area contributed by atoms with E-state index < -0.39 is 5.41 Å². The minimum absolute atomic E-state index is 0.179. The Morgan fingerprint density at radius 1 is 1.00 bits per heavy atom. The second-order valence-corrected chi connectivity index (χ2v) is 8.77. The van der Waals surface area contributed by atoms with Crippen LogP contribution in [0, 0.1) is 18.3 Å². The topological polar surface area (TPSA) is 63.4 Å². The van der Waals surface area contributed by atoms with Gasteiger partial charge in [-0.05, 0) is 54.4 Å². The standard InChI is InChI=1S/C25H32N2O2/c1-18(2)16-23(28)27-14-12-25(13-15-27,24(26)29)17-20-9-5-7-11-22(20)21-10-6-4-8-19(21)3/h4-11,18H,12-17H2,1-3H3,(H2,26,29). The third kappa shape index (κ3) is 4.69. The molecule has 2 aromatic rings. The Balaban J connectivity index is 1.84. The van der Waals surface area contributed by atoms with Crippen LogP contribution in [0.4, 0.5) is 0 Å².